The number of nitrogens with two attached hydrogens (primary N) is 1. The van der Waals surface area contributed by atoms with E-state index in [1.165, 1.54) is 0 Å². The summed E-state index contributed by atoms with van der Waals surface area (Å²) in [6.45, 7) is 3.87. The van der Waals surface area contributed by atoms with E-state index in [0.717, 1.165) is 30.4 Å². The Morgan fingerprint density at radius 3 is 2.75 bits per heavy atom. The van der Waals surface area contributed by atoms with Gasteiger partial charge >= 0.3 is 0 Å². The maximum atomic E-state index is 5.99. The van der Waals surface area contributed by atoms with E-state index in [1.54, 1.807) is 20.4 Å². The molecule has 1 heterocycles. The van der Waals surface area contributed by atoms with E-state index >= 15 is 0 Å². The summed E-state index contributed by atoms with van der Waals surface area (Å²) in [6.07, 6.45) is 4.59. The van der Waals surface area contributed by atoms with Crippen molar-refractivity contribution in [2.45, 2.75) is 32.7 Å². The molecular formula is C21H30N4O3. The molecule has 152 valence electrons. The van der Waals surface area contributed by atoms with Crippen molar-refractivity contribution in [3.05, 3.63) is 47.7 Å². The summed E-state index contributed by atoms with van der Waals surface area (Å²) in [5, 5.41) is 3.13. The molecule has 0 bridgehead atoms. The average molecular weight is 386 g/mol. The lowest BCUT2D eigenvalue weighted by Crippen LogP contribution is -2.33. The Hall–Kier alpha value is -2.96. The van der Waals surface area contributed by atoms with Gasteiger partial charge in [0.05, 0.1) is 27.4 Å². The smallest absolute Gasteiger partial charge is 0.218 e. The average Bonchev–Trinajstić information content (AvgIpc) is 2.73. The maximum Gasteiger partial charge on any atom is 0.218 e. The Bertz CT molecular complexity index is 765. The second-order valence-electron chi connectivity index (χ2n) is 6.24. The van der Waals surface area contributed by atoms with Crippen molar-refractivity contribution in [2.75, 3.05) is 27.4 Å². The van der Waals surface area contributed by atoms with Gasteiger partial charge in [0, 0.05) is 18.3 Å². The minimum absolute atomic E-state index is 0.392. The van der Waals surface area contributed by atoms with Crippen LogP contribution in [0.3, 0.4) is 0 Å². The van der Waals surface area contributed by atoms with Crippen molar-refractivity contribution in [3.8, 4) is 17.4 Å². The molecule has 3 N–H and O–H groups in total. The highest BCUT2D eigenvalue weighted by Crippen LogP contribution is 2.27. The van der Waals surface area contributed by atoms with Gasteiger partial charge in [0.2, 0.25) is 5.88 Å². The molecule has 7 nitrogen and oxygen atoms in total. The summed E-state index contributed by atoms with van der Waals surface area (Å²) >= 11 is 0. The number of unbranched alkanes of at least 4 members (excludes halogenated alkanes) is 1. The van der Waals surface area contributed by atoms with Crippen LogP contribution in [0.4, 0.5) is 0 Å². The van der Waals surface area contributed by atoms with Crippen molar-refractivity contribution in [1.29, 1.82) is 0 Å². The first-order chi connectivity index (χ1) is 13.7. The summed E-state index contributed by atoms with van der Waals surface area (Å²) in [6, 6.07) is 9.69. The SMILES string of the molecule is CCCCOc1ncccc1CN=C(N)NCCc1ccc(OC)c(OC)c1. The van der Waals surface area contributed by atoms with E-state index in [4.69, 9.17) is 19.9 Å². The number of nitrogens with zero attached hydrogens (tertiary/aromatic N) is 2. The predicted octanol–water partition coefficient (Wildman–Crippen LogP) is 2.92. The lowest BCUT2D eigenvalue weighted by molar-refractivity contribution is 0.294. The Morgan fingerprint density at radius 1 is 1.18 bits per heavy atom. The number of pyridine rings is 1. The normalized spacial score (nSPS) is 11.2. The number of aliphatic imine (C=N–C) groups is 1. The number of aromatic nitrogens is 1. The summed E-state index contributed by atoms with van der Waals surface area (Å²) in [4.78, 5) is 8.68. The highest BCUT2D eigenvalue weighted by atomic mass is 16.5. The van der Waals surface area contributed by atoms with Gasteiger partial charge in [0.25, 0.3) is 0 Å². The topological polar surface area (TPSA) is 91.0 Å². The zero-order valence-corrected chi connectivity index (χ0v) is 16.9. The number of ether oxygens (including phenoxy) is 3. The quantitative estimate of drug-likeness (QED) is 0.351. The highest BCUT2D eigenvalue weighted by Gasteiger charge is 2.06. The van der Waals surface area contributed by atoms with Crippen LogP contribution in [0.25, 0.3) is 0 Å². The molecule has 0 spiro atoms. The van der Waals surface area contributed by atoms with E-state index in [1.807, 2.05) is 30.3 Å². The van der Waals surface area contributed by atoms with Crippen LogP contribution in [0.15, 0.2) is 41.5 Å². The van der Waals surface area contributed by atoms with Crippen LogP contribution in [0.5, 0.6) is 17.4 Å². The van der Waals surface area contributed by atoms with Crippen molar-refractivity contribution in [1.82, 2.24) is 10.3 Å². The number of hydrogen-bond donors (Lipinski definition) is 2. The van der Waals surface area contributed by atoms with Crippen LogP contribution in [-0.4, -0.2) is 38.3 Å². The first-order valence-electron chi connectivity index (χ1n) is 9.49. The summed E-state index contributed by atoms with van der Waals surface area (Å²) in [7, 11) is 3.25. The first kappa shape index (κ1) is 21.3. The van der Waals surface area contributed by atoms with E-state index < -0.39 is 0 Å². The second kappa shape index (κ2) is 11.7. The van der Waals surface area contributed by atoms with Crippen molar-refractivity contribution >= 4 is 5.96 Å². The molecule has 2 rings (SSSR count). The van der Waals surface area contributed by atoms with E-state index in [0.29, 0.717) is 43.0 Å². The molecule has 0 radical (unpaired) electrons. The molecule has 0 saturated heterocycles. The van der Waals surface area contributed by atoms with Crippen LogP contribution >= 0.6 is 0 Å². The number of methoxy groups -OCH3 is 2. The number of hydrogen-bond acceptors (Lipinski definition) is 5. The van der Waals surface area contributed by atoms with Crippen molar-refractivity contribution < 1.29 is 14.2 Å². The molecule has 1 aromatic carbocycles. The van der Waals surface area contributed by atoms with Crippen LogP contribution in [-0.2, 0) is 13.0 Å². The van der Waals surface area contributed by atoms with Gasteiger partial charge in [-0.15, -0.1) is 0 Å². The summed E-state index contributed by atoms with van der Waals surface area (Å²) in [5.74, 6) is 2.45. The van der Waals surface area contributed by atoms with Gasteiger partial charge in [-0.1, -0.05) is 25.5 Å². The van der Waals surface area contributed by atoms with E-state index in [-0.39, 0.29) is 0 Å². The fourth-order valence-corrected chi connectivity index (χ4v) is 2.58. The predicted molar refractivity (Wildman–Crippen MR) is 111 cm³/mol. The molecule has 0 aliphatic carbocycles. The van der Waals surface area contributed by atoms with Gasteiger partial charge < -0.3 is 25.3 Å². The number of benzene rings is 1. The molecule has 7 heteroatoms. The molecule has 28 heavy (non-hydrogen) atoms. The maximum absolute atomic E-state index is 5.99. The number of rotatable bonds is 11. The molecule has 0 saturated carbocycles. The monoisotopic (exact) mass is 386 g/mol. The largest absolute Gasteiger partial charge is 0.493 e. The van der Waals surface area contributed by atoms with Crippen molar-refractivity contribution in [2.24, 2.45) is 10.7 Å². The zero-order valence-electron chi connectivity index (χ0n) is 16.9. The molecule has 2 aromatic rings. The molecule has 0 amide bonds. The van der Waals surface area contributed by atoms with Gasteiger partial charge in [-0.2, -0.15) is 0 Å². The lowest BCUT2D eigenvalue weighted by atomic mass is 10.1. The van der Waals surface area contributed by atoms with Gasteiger partial charge in [-0.3, -0.25) is 0 Å². The third kappa shape index (κ3) is 6.64. The van der Waals surface area contributed by atoms with Crippen LogP contribution in [0.2, 0.25) is 0 Å². The van der Waals surface area contributed by atoms with Gasteiger partial charge in [-0.25, -0.2) is 9.98 Å². The molecular weight excluding hydrogens is 356 g/mol. The van der Waals surface area contributed by atoms with Gasteiger partial charge in [0.15, 0.2) is 17.5 Å². The van der Waals surface area contributed by atoms with Crippen LogP contribution in [0, 0.1) is 0 Å². The van der Waals surface area contributed by atoms with Crippen LogP contribution in [0.1, 0.15) is 30.9 Å². The Balaban J connectivity index is 1.85. The van der Waals surface area contributed by atoms with Gasteiger partial charge in [-0.05, 0) is 36.6 Å². The summed E-state index contributed by atoms with van der Waals surface area (Å²) < 4.78 is 16.3. The molecule has 0 atom stereocenters. The summed E-state index contributed by atoms with van der Waals surface area (Å²) in [5.41, 5.74) is 8.03. The lowest BCUT2D eigenvalue weighted by Gasteiger charge is -2.11. The fraction of sp³-hybridized carbons (Fsp3) is 0.429. The third-order valence-corrected chi connectivity index (χ3v) is 4.17. The van der Waals surface area contributed by atoms with Crippen LogP contribution < -0.4 is 25.3 Å². The standard InChI is InChI=1S/C21H30N4O3/c1-4-5-13-28-20-17(7-6-11-23-20)15-25-21(22)24-12-10-16-8-9-18(26-2)19(14-16)27-3/h6-9,11,14H,4-5,10,12-13,15H2,1-3H3,(H3,22,24,25). The molecule has 0 aliphatic rings. The molecule has 0 fully saturated rings. The minimum atomic E-state index is 0.392. The Kier molecular flexibility index (Phi) is 8.91. The van der Waals surface area contributed by atoms with E-state index in [9.17, 15) is 0 Å². The zero-order chi connectivity index (χ0) is 20.2. The van der Waals surface area contributed by atoms with Crippen molar-refractivity contribution in [3.63, 3.8) is 0 Å². The third-order valence-electron chi connectivity index (χ3n) is 4.17. The molecule has 0 aliphatic heterocycles. The highest BCUT2D eigenvalue weighted by molar-refractivity contribution is 5.77. The Morgan fingerprint density at radius 2 is 2.00 bits per heavy atom. The first-order valence-corrected chi connectivity index (χ1v) is 9.49. The Labute approximate surface area is 166 Å². The van der Waals surface area contributed by atoms with Gasteiger partial charge in [0.1, 0.15) is 0 Å². The molecule has 0 unspecified atom stereocenters. The second-order valence-corrected chi connectivity index (χ2v) is 6.24. The number of nitrogens with one attached hydrogen (secondary N) is 1. The molecule has 1 aromatic heterocycles. The minimum Gasteiger partial charge on any atom is -0.493 e. The van der Waals surface area contributed by atoms with E-state index in [2.05, 4.69) is 22.2 Å². The fourth-order valence-electron chi connectivity index (χ4n) is 2.58. The number of guanidine groups is 1.